The topological polar surface area (TPSA) is 77.2 Å². The van der Waals surface area contributed by atoms with E-state index < -0.39 is 0 Å². The number of anilines is 1. The van der Waals surface area contributed by atoms with Gasteiger partial charge in [0.2, 0.25) is 5.82 Å². The molecule has 1 N–H and O–H groups in total. The lowest BCUT2D eigenvalue weighted by Crippen LogP contribution is -2.09. The number of hydrogen-bond acceptors (Lipinski definition) is 6. The van der Waals surface area contributed by atoms with Crippen molar-refractivity contribution in [2.24, 2.45) is 0 Å². The van der Waals surface area contributed by atoms with E-state index in [2.05, 4.69) is 15.5 Å². The number of aromatic nitrogens is 2. The summed E-state index contributed by atoms with van der Waals surface area (Å²) in [6.07, 6.45) is 0. The van der Waals surface area contributed by atoms with Crippen LogP contribution in [0.3, 0.4) is 0 Å². The molecule has 0 radical (unpaired) electrons. The second-order valence-corrected chi connectivity index (χ2v) is 7.07. The van der Waals surface area contributed by atoms with Crippen molar-refractivity contribution in [3.8, 4) is 17.1 Å². The van der Waals surface area contributed by atoms with Gasteiger partial charge < -0.3 is 14.6 Å². The number of rotatable bonds is 6. The molecule has 2 aromatic carbocycles. The summed E-state index contributed by atoms with van der Waals surface area (Å²) in [6, 6.07) is 18.7. The lowest BCUT2D eigenvalue weighted by Gasteiger charge is -2.04. The summed E-state index contributed by atoms with van der Waals surface area (Å²) >= 11 is 1.40. The molecule has 0 atom stereocenters. The number of aryl methyl sites for hydroxylation is 1. The fraction of sp³-hybridized carbons (Fsp3) is 0.0952. The second-order valence-electron chi connectivity index (χ2n) is 6.13. The molecule has 0 bridgehead atoms. The Hall–Kier alpha value is -3.45. The Balaban J connectivity index is 1.39. The van der Waals surface area contributed by atoms with E-state index in [-0.39, 0.29) is 12.5 Å². The van der Waals surface area contributed by atoms with Gasteiger partial charge in [0.05, 0.1) is 4.88 Å². The molecular formula is C21H17N3O3S. The summed E-state index contributed by atoms with van der Waals surface area (Å²) in [7, 11) is 0. The number of thiophene rings is 1. The molecule has 4 aromatic rings. The lowest BCUT2D eigenvalue weighted by molar-refractivity contribution is 0.103. The molecule has 140 valence electrons. The van der Waals surface area contributed by atoms with Crippen LogP contribution in [0.1, 0.15) is 21.1 Å². The van der Waals surface area contributed by atoms with E-state index in [0.29, 0.717) is 22.3 Å². The van der Waals surface area contributed by atoms with Gasteiger partial charge in [0.15, 0.2) is 6.61 Å². The largest absolute Gasteiger partial charge is 0.484 e. The molecular weight excluding hydrogens is 374 g/mol. The van der Waals surface area contributed by atoms with Crippen LogP contribution in [0.4, 0.5) is 5.69 Å². The Labute approximate surface area is 165 Å². The van der Waals surface area contributed by atoms with Crippen LogP contribution < -0.4 is 10.1 Å². The van der Waals surface area contributed by atoms with Gasteiger partial charge in [-0.15, -0.1) is 11.3 Å². The zero-order valence-corrected chi connectivity index (χ0v) is 15.9. The average molecular weight is 391 g/mol. The van der Waals surface area contributed by atoms with Crippen LogP contribution in [0.2, 0.25) is 0 Å². The highest BCUT2D eigenvalue weighted by Gasteiger charge is 2.11. The second kappa shape index (κ2) is 8.06. The van der Waals surface area contributed by atoms with E-state index >= 15 is 0 Å². The van der Waals surface area contributed by atoms with Gasteiger partial charge in [-0.1, -0.05) is 23.4 Å². The monoisotopic (exact) mass is 391 g/mol. The first-order valence-corrected chi connectivity index (χ1v) is 9.53. The lowest BCUT2D eigenvalue weighted by atomic mass is 10.2. The molecule has 0 aliphatic rings. The normalized spacial score (nSPS) is 10.6. The van der Waals surface area contributed by atoms with E-state index in [1.807, 2.05) is 54.8 Å². The quantitative estimate of drug-likeness (QED) is 0.504. The van der Waals surface area contributed by atoms with Crippen LogP contribution in [0, 0.1) is 6.92 Å². The minimum absolute atomic E-state index is 0.127. The molecule has 28 heavy (non-hydrogen) atoms. The maximum atomic E-state index is 12.1. The SMILES string of the molecule is Cc1cccc(OCc2nc(-c3ccc(NC(=O)c4cccs4)cc3)no2)c1. The van der Waals surface area contributed by atoms with Crippen LogP contribution in [-0.2, 0) is 6.61 Å². The molecule has 0 saturated carbocycles. The fourth-order valence-corrected chi connectivity index (χ4v) is 3.20. The third-order valence-electron chi connectivity index (χ3n) is 3.97. The van der Waals surface area contributed by atoms with Crippen LogP contribution in [0.25, 0.3) is 11.4 Å². The minimum Gasteiger partial charge on any atom is -0.484 e. The molecule has 0 unspecified atom stereocenters. The summed E-state index contributed by atoms with van der Waals surface area (Å²) in [5.41, 5.74) is 2.61. The number of ether oxygens (including phenoxy) is 1. The molecule has 0 spiro atoms. The highest BCUT2D eigenvalue weighted by molar-refractivity contribution is 7.12. The summed E-state index contributed by atoms with van der Waals surface area (Å²) in [6.45, 7) is 2.20. The fourth-order valence-electron chi connectivity index (χ4n) is 2.58. The summed E-state index contributed by atoms with van der Waals surface area (Å²) < 4.78 is 10.9. The molecule has 0 saturated heterocycles. The number of carbonyl (C=O) groups is 1. The van der Waals surface area contributed by atoms with Crippen LogP contribution >= 0.6 is 11.3 Å². The first-order valence-electron chi connectivity index (χ1n) is 8.65. The summed E-state index contributed by atoms with van der Waals surface area (Å²) in [4.78, 5) is 17.1. The number of nitrogens with one attached hydrogen (secondary N) is 1. The van der Waals surface area contributed by atoms with E-state index in [1.165, 1.54) is 11.3 Å². The number of nitrogens with zero attached hydrogens (tertiary/aromatic N) is 2. The molecule has 0 fully saturated rings. The van der Waals surface area contributed by atoms with Crippen molar-refractivity contribution in [3.05, 3.63) is 82.4 Å². The first kappa shape index (κ1) is 17.9. The van der Waals surface area contributed by atoms with Crippen molar-refractivity contribution in [2.45, 2.75) is 13.5 Å². The predicted octanol–water partition coefficient (Wildman–Crippen LogP) is 4.94. The van der Waals surface area contributed by atoms with Gasteiger partial charge >= 0.3 is 0 Å². The highest BCUT2D eigenvalue weighted by atomic mass is 32.1. The Morgan fingerprint density at radius 1 is 1.14 bits per heavy atom. The molecule has 1 amide bonds. The van der Waals surface area contributed by atoms with Crippen LogP contribution in [-0.4, -0.2) is 16.0 Å². The molecule has 0 aliphatic heterocycles. The maximum Gasteiger partial charge on any atom is 0.265 e. The van der Waals surface area contributed by atoms with E-state index in [0.717, 1.165) is 16.9 Å². The number of amides is 1. The van der Waals surface area contributed by atoms with Crippen molar-refractivity contribution in [3.63, 3.8) is 0 Å². The molecule has 7 heteroatoms. The van der Waals surface area contributed by atoms with E-state index in [9.17, 15) is 4.79 Å². The molecule has 2 heterocycles. The van der Waals surface area contributed by atoms with Crippen molar-refractivity contribution >= 4 is 22.9 Å². The standard InChI is InChI=1S/C21H17N3O3S/c1-14-4-2-5-17(12-14)26-13-19-23-20(24-27-19)15-7-9-16(10-8-15)22-21(25)18-6-3-11-28-18/h2-12H,13H2,1H3,(H,22,25). The predicted molar refractivity (Wildman–Crippen MR) is 108 cm³/mol. The van der Waals surface area contributed by atoms with Crippen LogP contribution in [0.15, 0.2) is 70.6 Å². The Morgan fingerprint density at radius 3 is 2.75 bits per heavy atom. The number of benzene rings is 2. The van der Waals surface area contributed by atoms with Gasteiger partial charge in [-0.2, -0.15) is 4.98 Å². The molecule has 6 nitrogen and oxygen atoms in total. The third kappa shape index (κ3) is 4.27. The maximum absolute atomic E-state index is 12.1. The van der Waals surface area contributed by atoms with Gasteiger partial charge in [-0.25, -0.2) is 0 Å². The highest BCUT2D eigenvalue weighted by Crippen LogP contribution is 2.21. The molecule has 0 aliphatic carbocycles. The Kier molecular flexibility index (Phi) is 5.16. The first-order chi connectivity index (χ1) is 13.7. The minimum atomic E-state index is -0.127. The number of hydrogen-bond donors (Lipinski definition) is 1. The smallest absolute Gasteiger partial charge is 0.265 e. The van der Waals surface area contributed by atoms with Gasteiger partial charge in [0.25, 0.3) is 11.8 Å². The number of carbonyl (C=O) groups excluding carboxylic acids is 1. The van der Waals surface area contributed by atoms with Crippen molar-refractivity contribution < 1.29 is 14.1 Å². The zero-order chi connectivity index (χ0) is 19.3. The Bertz CT molecular complexity index is 1070. The summed E-state index contributed by atoms with van der Waals surface area (Å²) in [5, 5.41) is 8.72. The molecule has 2 aromatic heterocycles. The summed E-state index contributed by atoms with van der Waals surface area (Å²) in [5.74, 6) is 1.49. The van der Waals surface area contributed by atoms with Gasteiger partial charge in [-0.05, 0) is 60.3 Å². The molecule has 4 rings (SSSR count). The van der Waals surface area contributed by atoms with Crippen molar-refractivity contribution in [1.29, 1.82) is 0 Å². The van der Waals surface area contributed by atoms with Gasteiger partial charge in [-0.3, -0.25) is 4.79 Å². The van der Waals surface area contributed by atoms with Gasteiger partial charge in [0.1, 0.15) is 5.75 Å². The van der Waals surface area contributed by atoms with Crippen molar-refractivity contribution in [2.75, 3.05) is 5.32 Å². The Morgan fingerprint density at radius 2 is 2.00 bits per heavy atom. The average Bonchev–Trinajstić information content (AvgIpc) is 3.39. The van der Waals surface area contributed by atoms with Crippen LogP contribution in [0.5, 0.6) is 5.75 Å². The van der Waals surface area contributed by atoms with E-state index in [4.69, 9.17) is 9.26 Å². The van der Waals surface area contributed by atoms with E-state index in [1.54, 1.807) is 18.2 Å². The third-order valence-corrected chi connectivity index (χ3v) is 4.83. The van der Waals surface area contributed by atoms with Crippen molar-refractivity contribution in [1.82, 2.24) is 10.1 Å². The zero-order valence-electron chi connectivity index (χ0n) is 15.1. The van der Waals surface area contributed by atoms with Gasteiger partial charge in [0, 0.05) is 11.3 Å².